The van der Waals surface area contributed by atoms with E-state index in [9.17, 15) is 0 Å². The number of para-hydroxylation sites is 1. The van der Waals surface area contributed by atoms with Crippen LogP contribution in [0, 0.1) is 6.92 Å². The van der Waals surface area contributed by atoms with Gasteiger partial charge in [0.1, 0.15) is 0 Å². The molecule has 1 N–H and O–H groups in total. The first-order valence-corrected chi connectivity index (χ1v) is 8.96. The Balaban J connectivity index is 1.91. The molecule has 0 saturated carbocycles. The molecule has 102 valence electrons. The van der Waals surface area contributed by atoms with Crippen molar-refractivity contribution in [2.75, 3.05) is 11.6 Å². The zero-order valence-corrected chi connectivity index (χ0v) is 13.5. The van der Waals surface area contributed by atoms with Crippen LogP contribution in [0.4, 0.5) is 10.8 Å². The van der Waals surface area contributed by atoms with Gasteiger partial charge in [-0.05, 0) is 25.3 Å². The summed E-state index contributed by atoms with van der Waals surface area (Å²) in [6.45, 7) is 2.10. The lowest BCUT2D eigenvalue weighted by Gasteiger charge is -2.07. The number of aryl methyl sites for hydroxylation is 1. The van der Waals surface area contributed by atoms with Gasteiger partial charge in [0.05, 0.1) is 21.8 Å². The normalized spacial score (nSPS) is 10.7. The van der Waals surface area contributed by atoms with Crippen LogP contribution in [-0.2, 0) is 0 Å². The molecule has 0 aliphatic rings. The van der Waals surface area contributed by atoms with Gasteiger partial charge in [0.25, 0.3) is 0 Å². The Morgan fingerprint density at radius 3 is 2.85 bits per heavy atom. The Bertz CT molecular complexity index is 704. The van der Waals surface area contributed by atoms with E-state index in [2.05, 4.69) is 35.6 Å². The average Bonchev–Trinajstić information content (AvgIpc) is 3.09. The second-order valence-electron chi connectivity index (χ2n) is 4.11. The minimum Gasteiger partial charge on any atom is -0.331 e. The van der Waals surface area contributed by atoms with E-state index in [-0.39, 0.29) is 0 Å². The molecule has 1 aromatic carbocycles. The van der Waals surface area contributed by atoms with Gasteiger partial charge < -0.3 is 5.32 Å². The van der Waals surface area contributed by atoms with Crippen molar-refractivity contribution in [3.63, 3.8) is 0 Å². The molecule has 0 aliphatic heterocycles. The fourth-order valence-electron chi connectivity index (χ4n) is 1.87. The van der Waals surface area contributed by atoms with E-state index < -0.39 is 0 Å². The number of aromatic nitrogens is 2. The third-order valence-corrected chi connectivity index (χ3v) is 5.27. The van der Waals surface area contributed by atoms with Gasteiger partial charge >= 0.3 is 0 Å². The van der Waals surface area contributed by atoms with Gasteiger partial charge in [-0.3, -0.25) is 4.98 Å². The molecule has 2 heterocycles. The molecule has 0 spiro atoms. The second kappa shape index (κ2) is 5.95. The molecule has 0 aliphatic carbocycles. The summed E-state index contributed by atoms with van der Waals surface area (Å²) in [7, 11) is 0. The topological polar surface area (TPSA) is 37.8 Å². The SMILES string of the molecule is CSc1ccccc1Nc1nc(-c2cncs2)c(C)s1. The van der Waals surface area contributed by atoms with Crippen molar-refractivity contribution in [2.24, 2.45) is 0 Å². The lowest BCUT2D eigenvalue weighted by molar-refractivity contribution is 1.34. The minimum atomic E-state index is 0.924. The van der Waals surface area contributed by atoms with E-state index in [0.717, 1.165) is 21.4 Å². The highest BCUT2D eigenvalue weighted by Gasteiger charge is 2.12. The number of hydrogen-bond donors (Lipinski definition) is 1. The number of nitrogens with one attached hydrogen (secondary N) is 1. The molecule has 0 radical (unpaired) electrons. The van der Waals surface area contributed by atoms with E-state index in [1.807, 2.05) is 23.8 Å². The van der Waals surface area contributed by atoms with Crippen LogP contribution in [-0.4, -0.2) is 16.2 Å². The summed E-state index contributed by atoms with van der Waals surface area (Å²) < 4.78 is 0. The highest BCUT2D eigenvalue weighted by molar-refractivity contribution is 7.98. The van der Waals surface area contributed by atoms with E-state index in [1.54, 1.807) is 34.4 Å². The van der Waals surface area contributed by atoms with Crippen molar-refractivity contribution in [1.82, 2.24) is 9.97 Å². The van der Waals surface area contributed by atoms with Gasteiger partial charge in [0, 0.05) is 16.0 Å². The number of thiazole rings is 2. The van der Waals surface area contributed by atoms with E-state index in [0.29, 0.717) is 0 Å². The first kappa shape index (κ1) is 13.6. The van der Waals surface area contributed by atoms with Crippen LogP contribution in [0.15, 0.2) is 40.9 Å². The van der Waals surface area contributed by atoms with Gasteiger partial charge in [-0.2, -0.15) is 0 Å². The van der Waals surface area contributed by atoms with Crippen molar-refractivity contribution >= 4 is 45.3 Å². The summed E-state index contributed by atoms with van der Waals surface area (Å²) in [4.78, 5) is 12.4. The van der Waals surface area contributed by atoms with Crippen LogP contribution in [0.2, 0.25) is 0 Å². The van der Waals surface area contributed by atoms with Crippen LogP contribution in [0.25, 0.3) is 10.6 Å². The van der Waals surface area contributed by atoms with Crippen molar-refractivity contribution in [1.29, 1.82) is 0 Å². The number of nitrogens with zero attached hydrogens (tertiary/aromatic N) is 2. The Morgan fingerprint density at radius 2 is 2.10 bits per heavy atom. The quantitative estimate of drug-likeness (QED) is 0.684. The summed E-state index contributed by atoms with van der Waals surface area (Å²) in [5.74, 6) is 0. The Hall–Kier alpha value is -1.37. The van der Waals surface area contributed by atoms with Crippen LogP contribution in [0.3, 0.4) is 0 Å². The number of anilines is 2. The maximum Gasteiger partial charge on any atom is 0.188 e. The third-order valence-electron chi connectivity index (χ3n) is 2.81. The molecule has 0 atom stereocenters. The second-order valence-corrected chi connectivity index (χ2v) is 7.05. The van der Waals surface area contributed by atoms with Crippen molar-refractivity contribution in [3.05, 3.63) is 40.8 Å². The maximum atomic E-state index is 4.69. The number of benzene rings is 1. The molecule has 0 saturated heterocycles. The highest BCUT2D eigenvalue weighted by Crippen LogP contribution is 2.35. The summed E-state index contributed by atoms with van der Waals surface area (Å²) in [5.41, 5.74) is 3.97. The van der Waals surface area contributed by atoms with Gasteiger partial charge in [0.15, 0.2) is 5.13 Å². The molecule has 6 heteroatoms. The van der Waals surface area contributed by atoms with Crippen molar-refractivity contribution < 1.29 is 0 Å². The summed E-state index contributed by atoms with van der Waals surface area (Å²) in [6, 6.07) is 8.27. The molecule has 0 bridgehead atoms. The molecular formula is C14H13N3S3. The Morgan fingerprint density at radius 1 is 1.25 bits per heavy atom. The zero-order chi connectivity index (χ0) is 13.9. The smallest absolute Gasteiger partial charge is 0.188 e. The zero-order valence-electron chi connectivity index (χ0n) is 11.1. The third kappa shape index (κ3) is 2.72. The molecule has 3 rings (SSSR count). The number of hydrogen-bond acceptors (Lipinski definition) is 6. The lowest BCUT2D eigenvalue weighted by Crippen LogP contribution is -1.91. The molecule has 0 unspecified atom stereocenters. The van der Waals surface area contributed by atoms with Crippen molar-refractivity contribution in [2.45, 2.75) is 11.8 Å². The highest BCUT2D eigenvalue weighted by atomic mass is 32.2. The molecular weight excluding hydrogens is 306 g/mol. The fourth-order valence-corrected chi connectivity index (χ4v) is 4.00. The monoisotopic (exact) mass is 319 g/mol. The molecule has 0 fully saturated rings. The molecule has 0 amide bonds. The molecule has 2 aromatic heterocycles. The fraction of sp³-hybridized carbons (Fsp3) is 0.143. The largest absolute Gasteiger partial charge is 0.331 e. The molecule has 3 nitrogen and oxygen atoms in total. The van der Waals surface area contributed by atoms with Gasteiger partial charge in [-0.1, -0.05) is 12.1 Å². The first-order valence-electron chi connectivity index (χ1n) is 6.04. The minimum absolute atomic E-state index is 0.924. The number of rotatable bonds is 4. The van der Waals surface area contributed by atoms with Crippen LogP contribution in [0.1, 0.15) is 4.88 Å². The van der Waals surface area contributed by atoms with Crippen LogP contribution >= 0.6 is 34.4 Å². The summed E-state index contributed by atoms with van der Waals surface area (Å²) in [6.07, 6.45) is 3.95. The van der Waals surface area contributed by atoms with Crippen LogP contribution < -0.4 is 5.32 Å². The standard InChI is InChI=1S/C14H13N3S3/c1-9-13(12-7-15-8-19-12)17-14(20-9)16-10-5-3-4-6-11(10)18-2/h3-8H,1-2H3,(H,16,17). The Kier molecular flexibility index (Phi) is 4.05. The molecule has 20 heavy (non-hydrogen) atoms. The summed E-state index contributed by atoms with van der Waals surface area (Å²) >= 11 is 5.02. The van der Waals surface area contributed by atoms with E-state index in [4.69, 9.17) is 4.98 Å². The Labute approximate surface area is 130 Å². The maximum absolute atomic E-state index is 4.69. The van der Waals surface area contributed by atoms with Gasteiger partial charge in [-0.25, -0.2) is 4.98 Å². The summed E-state index contributed by atoms with van der Waals surface area (Å²) in [5, 5.41) is 4.34. The van der Waals surface area contributed by atoms with Gasteiger partial charge in [-0.15, -0.1) is 34.4 Å². The number of thioether (sulfide) groups is 1. The first-order chi connectivity index (χ1) is 9.78. The van der Waals surface area contributed by atoms with Gasteiger partial charge in [0.2, 0.25) is 0 Å². The predicted molar refractivity (Wildman–Crippen MR) is 89.5 cm³/mol. The van der Waals surface area contributed by atoms with Crippen molar-refractivity contribution in [3.8, 4) is 10.6 Å². The average molecular weight is 319 g/mol. The van der Waals surface area contributed by atoms with E-state index in [1.165, 1.54) is 9.77 Å². The predicted octanol–water partition coefficient (Wildman–Crippen LogP) is 5.04. The lowest BCUT2D eigenvalue weighted by atomic mass is 10.3. The van der Waals surface area contributed by atoms with E-state index >= 15 is 0 Å². The van der Waals surface area contributed by atoms with Crippen LogP contribution in [0.5, 0.6) is 0 Å². The molecule has 3 aromatic rings.